The number of hydrogen-bond donors (Lipinski definition) is 2. The molecule has 20 heavy (non-hydrogen) atoms. The lowest BCUT2D eigenvalue weighted by molar-refractivity contribution is -0.142. The lowest BCUT2D eigenvalue weighted by atomic mass is 10.0. The number of rotatable bonds is 6. The third-order valence-electron chi connectivity index (χ3n) is 2.67. The molecule has 0 bridgehead atoms. The van der Waals surface area contributed by atoms with Crippen molar-refractivity contribution in [2.45, 2.75) is 32.7 Å². The first kappa shape index (κ1) is 16.5. The van der Waals surface area contributed by atoms with E-state index in [1.807, 2.05) is 26.0 Å². The fourth-order valence-electron chi connectivity index (χ4n) is 1.70. The van der Waals surface area contributed by atoms with Gasteiger partial charge in [0.05, 0.1) is 0 Å². The van der Waals surface area contributed by atoms with Crippen molar-refractivity contribution >= 4 is 27.8 Å². The molecule has 1 atom stereocenters. The monoisotopic (exact) mass is 343 g/mol. The van der Waals surface area contributed by atoms with Crippen molar-refractivity contribution in [2.75, 3.05) is 6.61 Å². The molecule has 0 spiro atoms. The highest BCUT2D eigenvalue weighted by atomic mass is 79.9. The Morgan fingerprint density at radius 1 is 1.40 bits per heavy atom. The summed E-state index contributed by atoms with van der Waals surface area (Å²) in [4.78, 5) is 22.0. The van der Waals surface area contributed by atoms with Crippen LogP contribution in [0.25, 0.3) is 0 Å². The summed E-state index contributed by atoms with van der Waals surface area (Å²) in [5.74, 6) is -0.657. The van der Waals surface area contributed by atoms with Crippen LogP contribution < -0.4 is 10.1 Å². The first-order chi connectivity index (χ1) is 9.31. The van der Waals surface area contributed by atoms with Crippen LogP contribution in [0.2, 0.25) is 0 Å². The second kappa shape index (κ2) is 7.28. The van der Waals surface area contributed by atoms with Crippen molar-refractivity contribution in [1.29, 1.82) is 0 Å². The minimum Gasteiger partial charge on any atom is -0.491 e. The molecule has 0 saturated carbocycles. The minimum absolute atomic E-state index is 0.115. The van der Waals surface area contributed by atoms with Gasteiger partial charge in [0.25, 0.3) is 0 Å². The summed E-state index contributed by atoms with van der Waals surface area (Å²) in [6.07, 6.45) is 0. The summed E-state index contributed by atoms with van der Waals surface area (Å²) in [6.45, 7) is 5.21. The van der Waals surface area contributed by atoms with E-state index in [0.29, 0.717) is 5.75 Å². The summed E-state index contributed by atoms with van der Waals surface area (Å²) >= 11 is 3.39. The normalized spacial score (nSPS) is 12.1. The van der Waals surface area contributed by atoms with Gasteiger partial charge in [-0.1, -0.05) is 29.8 Å². The van der Waals surface area contributed by atoms with E-state index in [4.69, 9.17) is 9.84 Å². The molecule has 0 fully saturated rings. The molecule has 0 aliphatic rings. The number of halogens is 1. The number of amides is 1. The van der Waals surface area contributed by atoms with E-state index in [1.54, 1.807) is 6.07 Å². The first-order valence-corrected chi connectivity index (χ1v) is 7.02. The lowest BCUT2D eigenvalue weighted by Gasteiger charge is -2.18. The van der Waals surface area contributed by atoms with Crippen LogP contribution in [0.1, 0.15) is 32.3 Å². The molecule has 1 aromatic rings. The standard InChI is InChI=1S/C14H18BrNO4/c1-8(2)11-6-10(15)4-5-13(11)20-7-12(14(18)19)16-9(3)17/h4-6,8,12H,7H2,1-3H3,(H,16,17)(H,18,19). The van der Waals surface area contributed by atoms with E-state index in [2.05, 4.69) is 21.2 Å². The van der Waals surface area contributed by atoms with Gasteiger partial charge < -0.3 is 15.2 Å². The highest BCUT2D eigenvalue weighted by Crippen LogP contribution is 2.29. The lowest BCUT2D eigenvalue weighted by Crippen LogP contribution is -2.43. The number of ether oxygens (including phenoxy) is 1. The van der Waals surface area contributed by atoms with Gasteiger partial charge in [-0.15, -0.1) is 0 Å². The topological polar surface area (TPSA) is 75.6 Å². The Morgan fingerprint density at radius 2 is 2.05 bits per heavy atom. The highest BCUT2D eigenvalue weighted by Gasteiger charge is 2.20. The fraction of sp³-hybridized carbons (Fsp3) is 0.429. The van der Waals surface area contributed by atoms with Crippen LogP contribution in [0.15, 0.2) is 22.7 Å². The summed E-state index contributed by atoms with van der Waals surface area (Å²) in [5, 5.41) is 11.4. The van der Waals surface area contributed by atoms with Crippen molar-refractivity contribution in [1.82, 2.24) is 5.32 Å². The van der Waals surface area contributed by atoms with Gasteiger partial charge in [0, 0.05) is 11.4 Å². The van der Waals surface area contributed by atoms with Crippen LogP contribution in [0, 0.1) is 0 Å². The average Bonchev–Trinajstić information content (AvgIpc) is 2.34. The molecule has 2 N–H and O–H groups in total. The van der Waals surface area contributed by atoms with Gasteiger partial charge in [0.2, 0.25) is 5.91 Å². The van der Waals surface area contributed by atoms with Crippen LogP contribution in [-0.4, -0.2) is 29.6 Å². The van der Waals surface area contributed by atoms with Gasteiger partial charge in [-0.2, -0.15) is 0 Å². The Labute approximate surface area is 126 Å². The summed E-state index contributed by atoms with van der Waals surface area (Å²) in [7, 11) is 0. The van der Waals surface area contributed by atoms with Crippen LogP contribution in [0.4, 0.5) is 0 Å². The summed E-state index contributed by atoms with van der Waals surface area (Å²) < 4.78 is 6.50. The second-order valence-corrected chi connectivity index (χ2v) is 5.65. The maximum absolute atomic E-state index is 11.0. The highest BCUT2D eigenvalue weighted by molar-refractivity contribution is 9.10. The molecular weight excluding hydrogens is 326 g/mol. The van der Waals surface area contributed by atoms with E-state index in [9.17, 15) is 9.59 Å². The number of carbonyl (C=O) groups is 2. The zero-order valence-electron chi connectivity index (χ0n) is 11.6. The van der Waals surface area contributed by atoms with Crippen LogP contribution in [0.5, 0.6) is 5.75 Å². The Bertz CT molecular complexity index is 502. The largest absolute Gasteiger partial charge is 0.491 e. The van der Waals surface area contributed by atoms with Crippen LogP contribution in [0.3, 0.4) is 0 Å². The quantitative estimate of drug-likeness (QED) is 0.832. The molecule has 0 saturated heterocycles. The van der Waals surface area contributed by atoms with E-state index in [0.717, 1.165) is 10.0 Å². The third kappa shape index (κ3) is 4.85. The second-order valence-electron chi connectivity index (χ2n) is 4.74. The molecule has 1 rings (SSSR count). The third-order valence-corrected chi connectivity index (χ3v) is 3.17. The molecule has 1 amide bonds. The fourth-order valence-corrected chi connectivity index (χ4v) is 2.07. The van der Waals surface area contributed by atoms with E-state index < -0.39 is 17.9 Å². The Kier molecular flexibility index (Phi) is 6.01. The molecule has 5 nitrogen and oxygen atoms in total. The molecule has 1 aromatic carbocycles. The van der Waals surface area contributed by atoms with Crippen LogP contribution in [-0.2, 0) is 9.59 Å². The predicted molar refractivity (Wildman–Crippen MR) is 79.0 cm³/mol. The number of carboxylic acids is 1. The number of aliphatic carboxylic acids is 1. The average molecular weight is 344 g/mol. The maximum Gasteiger partial charge on any atom is 0.329 e. The van der Waals surface area contributed by atoms with Gasteiger partial charge in [-0.05, 0) is 29.7 Å². The molecule has 1 unspecified atom stereocenters. The molecular formula is C14H18BrNO4. The van der Waals surface area contributed by atoms with Crippen molar-refractivity contribution in [3.63, 3.8) is 0 Å². The zero-order valence-corrected chi connectivity index (χ0v) is 13.2. The SMILES string of the molecule is CC(=O)NC(COc1ccc(Br)cc1C(C)C)C(=O)O. The smallest absolute Gasteiger partial charge is 0.329 e. The van der Waals surface area contributed by atoms with Gasteiger partial charge in [0.1, 0.15) is 12.4 Å². The molecule has 0 aliphatic heterocycles. The van der Waals surface area contributed by atoms with Crippen molar-refractivity contribution in [3.8, 4) is 5.75 Å². The molecule has 6 heteroatoms. The predicted octanol–water partition coefficient (Wildman–Crippen LogP) is 2.54. The van der Waals surface area contributed by atoms with Gasteiger partial charge in [0.15, 0.2) is 6.04 Å². The number of carboxylic acid groups (broad SMARTS) is 1. The molecule has 0 aromatic heterocycles. The van der Waals surface area contributed by atoms with Crippen molar-refractivity contribution in [2.24, 2.45) is 0 Å². The van der Waals surface area contributed by atoms with Crippen LogP contribution >= 0.6 is 15.9 Å². The Morgan fingerprint density at radius 3 is 2.55 bits per heavy atom. The van der Waals surface area contributed by atoms with E-state index >= 15 is 0 Å². The summed E-state index contributed by atoms with van der Waals surface area (Å²) in [5.41, 5.74) is 0.978. The Balaban J connectivity index is 2.82. The molecule has 0 heterocycles. The van der Waals surface area contributed by atoms with E-state index in [1.165, 1.54) is 6.92 Å². The summed E-state index contributed by atoms with van der Waals surface area (Å²) in [6, 6.07) is 4.49. The number of nitrogens with one attached hydrogen (secondary N) is 1. The first-order valence-electron chi connectivity index (χ1n) is 6.23. The Hall–Kier alpha value is -1.56. The molecule has 0 radical (unpaired) electrons. The van der Waals surface area contributed by atoms with Gasteiger partial charge in [-0.3, -0.25) is 4.79 Å². The van der Waals surface area contributed by atoms with Crippen molar-refractivity contribution in [3.05, 3.63) is 28.2 Å². The molecule has 0 aliphatic carbocycles. The minimum atomic E-state index is -1.12. The van der Waals surface area contributed by atoms with Crippen molar-refractivity contribution < 1.29 is 19.4 Å². The van der Waals surface area contributed by atoms with Gasteiger partial charge >= 0.3 is 5.97 Å². The van der Waals surface area contributed by atoms with E-state index in [-0.39, 0.29) is 12.5 Å². The number of carbonyl (C=O) groups excluding carboxylic acids is 1. The van der Waals surface area contributed by atoms with Gasteiger partial charge in [-0.25, -0.2) is 4.79 Å². The maximum atomic E-state index is 11.0. The number of benzene rings is 1. The number of hydrogen-bond acceptors (Lipinski definition) is 3. The molecule has 110 valence electrons. The zero-order chi connectivity index (χ0) is 15.3.